The van der Waals surface area contributed by atoms with Crippen molar-refractivity contribution in [2.45, 2.75) is 13.5 Å². The standard InChI is InChI=1S/C18H19N3O3/c1-12-17(21(23)24)14-9-10-16(22)15(11-19(2)3)18(14)20(12)13-7-5-4-6-8-13/h4-10,22H,11H2,1-3H3. The van der Waals surface area contributed by atoms with Crippen LogP contribution in [0.1, 0.15) is 11.3 Å². The van der Waals surface area contributed by atoms with Gasteiger partial charge >= 0.3 is 0 Å². The maximum Gasteiger partial charge on any atom is 0.298 e. The molecule has 0 radical (unpaired) electrons. The molecule has 0 aliphatic heterocycles. The number of hydrogen-bond acceptors (Lipinski definition) is 4. The van der Waals surface area contributed by atoms with E-state index in [1.807, 2.05) is 53.9 Å². The van der Waals surface area contributed by atoms with Gasteiger partial charge in [-0.1, -0.05) is 18.2 Å². The molecule has 24 heavy (non-hydrogen) atoms. The molecule has 6 nitrogen and oxygen atoms in total. The third-order valence-corrected chi connectivity index (χ3v) is 4.09. The van der Waals surface area contributed by atoms with Gasteiger partial charge in [0.05, 0.1) is 21.5 Å². The molecule has 0 bridgehead atoms. The zero-order valence-corrected chi connectivity index (χ0v) is 13.9. The smallest absolute Gasteiger partial charge is 0.298 e. The molecule has 6 heteroatoms. The maximum absolute atomic E-state index is 11.6. The fourth-order valence-corrected chi connectivity index (χ4v) is 3.14. The lowest BCUT2D eigenvalue weighted by atomic mass is 10.1. The molecule has 0 spiro atoms. The summed E-state index contributed by atoms with van der Waals surface area (Å²) in [5.41, 5.74) is 2.82. The van der Waals surface area contributed by atoms with Gasteiger partial charge in [0.1, 0.15) is 5.75 Å². The van der Waals surface area contributed by atoms with Crippen LogP contribution in [0.2, 0.25) is 0 Å². The first kappa shape index (κ1) is 16.0. The highest BCUT2D eigenvalue weighted by molar-refractivity contribution is 5.96. The molecule has 1 heterocycles. The highest BCUT2D eigenvalue weighted by atomic mass is 16.6. The minimum Gasteiger partial charge on any atom is -0.508 e. The molecule has 1 N–H and O–H groups in total. The van der Waals surface area contributed by atoms with Gasteiger partial charge in [0.25, 0.3) is 5.69 Å². The first-order valence-corrected chi connectivity index (χ1v) is 7.62. The van der Waals surface area contributed by atoms with Crippen LogP contribution in [-0.2, 0) is 6.54 Å². The number of nitro groups is 1. The Morgan fingerprint density at radius 3 is 2.42 bits per heavy atom. The molecule has 3 aromatic rings. The van der Waals surface area contributed by atoms with Gasteiger partial charge < -0.3 is 14.6 Å². The molecule has 0 fully saturated rings. The minimum absolute atomic E-state index is 0.0776. The Kier molecular flexibility index (Phi) is 3.99. The van der Waals surface area contributed by atoms with E-state index in [4.69, 9.17) is 0 Å². The van der Waals surface area contributed by atoms with Gasteiger partial charge in [-0.15, -0.1) is 0 Å². The molecule has 1 aromatic heterocycles. The predicted octanol–water partition coefficient (Wildman–Crippen LogP) is 3.61. The van der Waals surface area contributed by atoms with E-state index in [0.29, 0.717) is 28.7 Å². The molecule has 124 valence electrons. The summed E-state index contributed by atoms with van der Waals surface area (Å²) < 4.78 is 1.85. The Morgan fingerprint density at radius 1 is 1.17 bits per heavy atom. The van der Waals surface area contributed by atoms with E-state index < -0.39 is 0 Å². The van der Waals surface area contributed by atoms with Crippen molar-refractivity contribution >= 4 is 16.6 Å². The number of aromatic hydroxyl groups is 1. The first-order valence-electron chi connectivity index (χ1n) is 7.62. The summed E-state index contributed by atoms with van der Waals surface area (Å²) in [6.45, 7) is 2.22. The van der Waals surface area contributed by atoms with Gasteiger partial charge in [0, 0.05) is 17.8 Å². The van der Waals surface area contributed by atoms with Crippen molar-refractivity contribution in [3.05, 3.63) is 63.8 Å². The second-order valence-corrected chi connectivity index (χ2v) is 6.06. The lowest BCUT2D eigenvalue weighted by Crippen LogP contribution is -2.12. The van der Waals surface area contributed by atoms with Gasteiger partial charge in [-0.05, 0) is 45.3 Å². The Labute approximate surface area is 139 Å². The van der Waals surface area contributed by atoms with Gasteiger partial charge in [-0.25, -0.2) is 0 Å². The quantitative estimate of drug-likeness (QED) is 0.587. The van der Waals surface area contributed by atoms with Crippen molar-refractivity contribution in [2.24, 2.45) is 0 Å². The van der Waals surface area contributed by atoms with Crippen LogP contribution in [0.25, 0.3) is 16.6 Å². The fourth-order valence-electron chi connectivity index (χ4n) is 3.14. The maximum atomic E-state index is 11.6. The molecular weight excluding hydrogens is 306 g/mol. The lowest BCUT2D eigenvalue weighted by molar-refractivity contribution is -0.383. The normalized spacial score (nSPS) is 11.3. The monoisotopic (exact) mass is 325 g/mol. The molecule has 2 aromatic carbocycles. The third kappa shape index (κ3) is 2.51. The lowest BCUT2D eigenvalue weighted by Gasteiger charge is -2.15. The van der Waals surface area contributed by atoms with E-state index in [9.17, 15) is 15.2 Å². The molecule has 0 saturated heterocycles. The van der Waals surface area contributed by atoms with Crippen molar-refractivity contribution in [1.82, 2.24) is 9.47 Å². The van der Waals surface area contributed by atoms with Crippen molar-refractivity contribution in [3.63, 3.8) is 0 Å². The predicted molar refractivity (Wildman–Crippen MR) is 93.7 cm³/mol. The zero-order valence-electron chi connectivity index (χ0n) is 13.9. The summed E-state index contributed by atoms with van der Waals surface area (Å²) in [6, 6.07) is 12.6. The second kappa shape index (κ2) is 5.98. The summed E-state index contributed by atoms with van der Waals surface area (Å²) in [6.07, 6.45) is 0. The van der Waals surface area contributed by atoms with E-state index in [0.717, 1.165) is 5.69 Å². The fraction of sp³-hybridized carbons (Fsp3) is 0.222. The average Bonchev–Trinajstić information content (AvgIpc) is 2.83. The van der Waals surface area contributed by atoms with Crippen molar-refractivity contribution in [2.75, 3.05) is 14.1 Å². The van der Waals surface area contributed by atoms with Gasteiger partial charge in [0.15, 0.2) is 0 Å². The van der Waals surface area contributed by atoms with Gasteiger partial charge in [-0.2, -0.15) is 0 Å². The summed E-state index contributed by atoms with van der Waals surface area (Å²) in [5.74, 6) is 0.140. The second-order valence-electron chi connectivity index (χ2n) is 6.06. The van der Waals surface area contributed by atoms with Crippen molar-refractivity contribution < 1.29 is 10.0 Å². The van der Waals surface area contributed by atoms with E-state index in [1.54, 1.807) is 13.0 Å². The largest absolute Gasteiger partial charge is 0.508 e. The Balaban J connectivity index is 2.47. The topological polar surface area (TPSA) is 71.5 Å². The zero-order chi connectivity index (χ0) is 17.4. The molecule has 0 aliphatic rings. The Morgan fingerprint density at radius 2 is 1.83 bits per heavy atom. The van der Waals surface area contributed by atoms with E-state index in [-0.39, 0.29) is 16.4 Å². The summed E-state index contributed by atoms with van der Waals surface area (Å²) in [5, 5.41) is 22.5. The number of fused-ring (bicyclic) bond motifs is 1. The SMILES string of the molecule is Cc1c([N+](=O)[O-])c2ccc(O)c(CN(C)C)c2n1-c1ccccc1. The molecule has 0 amide bonds. The van der Waals surface area contributed by atoms with Crippen LogP contribution in [0, 0.1) is 17.0 Å². The number of rotatable bonds is 4. The summed E-state index contributed by atoms with van der Waals surface area (Å²) >= 11 is 0. The number of phenolic OH excluding ortho intramolecular Hbond substituents is 1. The van der Waals surface area contributed by atoms with Crippen LogP contribution in [0.4, 0.5) is 5.69 Å². The molecule has 0 atom stereocenters. The average molecular weight is 325 g/mol. The van der Waals surface area contributed by atoms with Crippen molar-refractivity contribution in [3.8, 4) is 11.4 Å². The Hall–Kier alpha value is -2.86. The highest BCUT2D eigenvalue weighted by Gasteiger charge is 2.27. The molecule has 3 rings (SSSR count). The van der Waals surface area contributed by atoms with E-state index in [2.05, 4.69) is 0 Å². The molecule has 0 saturated carbocycles. The number of phenols is 1. The number of aromatic nitrogens is 1. The third-order valence-electron chi connectivity index (χ3n) is 4.09. The number of para-hydroxylation sites is 1. The Bertz CT molecular complexity index is 914. The van der Waals surface area contributed by atoms with Crippen LogP contribution in [0.5, 0.6) is 5.75 Å². The number of benzene rings is 2. The molecule has 0 aliphatic carbocycles. The van der Waals surface area contributed by atoms with Crippen LogP contribution in [0.3, 0.4) is 0 Å². The van der Waals surface area contributed by atoms with E-state index in [1.165, 1.54) is 6.07 Å². The van der Waals surface area contributed by atoms with Crippen molar-refractivity contribution in [1.29, 1.82) is 0 Å². The van der Waals surface area contributed by atoms with Crippen LogP contribution in [-0.4, -0.2) is 33.6 Å². The van der Waals surface area contributed by atoms with E-state index >= 15 is 0 Å². The molecule has 0 unspecified atom stereocenters. The summed E-state index contributed by atoms with van der Waals surface area (Å²) in [4.78, 5) is 13.2. The van der Waals surface area contributed by atoms with Gasteiger partial charge in [-0.3, -0.25) is 10.1 Å². The van der Waals surface area contributed by atoms with Gasteiger partial charge in [0.2, 0.25) is 0 Å². The van der Waals surface area contributed by atoms with Crippen LogP contribution >= 0.6 is 0 Å². The number of hydrogen-bond donors (Lipinski definition) is 1. The molecular formula is C18H19N3O3. The van der Waals surface area contributed by atoms with Crippen LogP contribution < -0.4 is 0 Å². The van der Waals surface area contributed by atoms with Crippen LogP contribution in [0.15, 0.2) is 42.5 Å². The number of nitrogens with zero attached hydrogens (tertiary/aromatic N) is 3. The highest BCUT2D eigenvalue weighted by Crippen LogP contribution is 2.39. The summed E-state index contributed by atoms with van der Waals surface area (Å²) in [7, 11) is 3.80. The first-order chi connectivity index (χ1) is 11.4. The minimum atomic E-state index is -0.354.